The third kappa shape index (κ3) is 27.5. The molecule has 7 aromatic carbocycles. The van der Waals surface area contributed by atoms with Crippen LogP contribution >= 0.6 is 0 Å². The average Bonchev–Trinajstić information content (AvgIpc) is 0.870. The minimum atomic E-state index is -1.69. The van der Waals surface area contributed by atoms with Gasteiger partial charge in [-0.1, -0.05) is 249 Å². The Hall–Kier alpha value is -14.1. The molecule has 0 aliphatic carbocycles. The van der Waals surface area contributed by atoms with Gasteiger partial charge in [-0.25, -0.2) is 31.9 Å². The number of hydrogen-bond donors (Lipinski definition) is 1. The van der Waals surface area contributed by atoms with Gasteiger partial charge in [0.1, 0.15) is 28.2 Å². The van der Waals surface area contributed by atoms with Gasteiger partial charge in [-0.2, -0.15) is 10.2 Å². The van der Waals surface area contributed by atoms with E-state index in [0.29, 0.717) is 67.5 Å². The summed E-state index contributed by atoms with van der Waals surface area (Å²) < 4.78 is 81.1. The van der Waals surface area contributed by atoms with E-state index in [1.807, 2.05) is 166 Å². The van der Waals surface area contributed by atoms with Gasteiger partial charge < -0.3 is 27.5 Å². The molecule has 0 spiro atoms. The Bertz CT molecular complexity index is 6290. The van der Waals surface area contributed by atoms with Gasteiger partial charge in [0, 0.05) is 119 Å². The van der Waals surface area contributed by atoms with Gasteiger partial charge in [0.2, 0.25) is 5.75 Å². The van der Waals surface area contributed by atoms with Crippen LogP contribution in [-0.2, 0) is 32.5 Å². The summed E-state index contributed by atoms with van der Waals surface area (Å²) in [6.45, 7) is 50.4. The van der Waals surface area contributed by atoms with Crippen molar-refractivity contribution in [3.8, 4) is 11.5 Å². The third-order valence-corrected chi connectivity index (χ3v) is 18.4. The third-order valence-electron chi connectivity index (χ3n) is 18.4. The first-order valence-electron chi connectivity index (χ1n) is 38.4. The number of furan rings is 1. The SMILES string of the molecule is CC(C)(C)C1(C)N=N1.CC(C)(C)Oc1c2occc2cc2ccc(=O)oc12.CC(C)(C)c1c(F)c(F)c(N=[N+]=[N-])c(F)c1F.CC(C)(C)c1cc2ccc(N=[N+]=[N-])cc2oc1=O.CC(C)(C)c1ccc(N=[N+]=[N-])cc1.CC(C)(C)c1ccc(N=[N+]=[N-])cc1O.CC(C)(C)c1ccc(N=[N+]=[N-])cc1[N+](=O)[O-].Cc1c(C(C)(C)C)c(=O)oc2cc(N=[N+]=[N-])ccc12. The highest BCUT2D eigenvalue weighted by Gasteiger charge is 2.46. The lowest BCUT2D eigenvalue weighted by atomic mass is 9.84. The maximum Gasteiger partial charge on any atom is 0.340 e. The Morgan fingerprint density at radius 2 is 0.871 bits per heavy atom. The number of benzene rings is 7. The first-order valence-corrected chi connectivity index (χ1v) is 38.4. The summed E-state index contributed by atoms with van der Waals surface area (Å²) in [5.41, 5.74) is 53.2. The number of azide groups is 6. The largest absolute Gasteiger partial charge is 0.508 e. The molecule has 1 aliphatic rings. The van der Waals surface area contributed by atoms with E-state index in [4.69, 9.17) is 55.6 Å². The number of aryl methyl sites for hydroxylation is 1. The molecule has 0 bridgehead atoms. The summed E-state index contributed by atoms with van der Waals surface area (Å²) in [6, 6.07) is 35.9. The van der Waals surface area contributed by atoms with Crippen molar-refractivity contribution in [3.05, 3.63) is 300 Å². The molecule has 36 heteroatoms. The summed E-state index contributed by atoms with van der Waals surface area (Å²) in [7, 11) is 0. The second-order valence-electron chi connectivity index (χ2n) is 36.5. The number of fused-ring (bicyclic) bond motifs is 4. The maximum absolute atomic E-state index is 13.6. The lowest BCUT2D eigenvalue weighted by molar-refractivity contribution is -0.385. The number of phenols is 1. The molecule has 4 aromatic heterocycles. The lowest BCUT2D eigenvalue weighted by Crippen LogP contribution is -2.25. The van der Waals surface area contributed by atoms with E-state index >= 15 is 0 Å². The van der Waals surface area contributed by atoms with Crippen LogP contribution in [-0.4, -0.2) is 21.3 Å². The molecule has 12 rings (SSSR count). The van der Waals surface area contributed by atoms with Crippen molar-refractivity contribution in [1.82, 2.24) is 0 Å². The fraction of sp³-hybridized carbons (Fsp3) is 0.398. The van der Waals surface area contributed by atoms with E-state index < -0.39 is 56.1 Å². The molecule has 1 N–H and O–H groups in total. The molecule has 124 heavy (non-hydrogen) atoms. The van der Waals surface area contributed by atoms with Gasteiger partial charge in [0.25, 0.3) is 5.69 Å². The molecule has 652 valence electrons. The van der Waals surface area contributed by atoms with Gasteiger partial charge in [-0.05, 0) is 159 Å². The topological polar surface area (TPSA) is 494 Å². The maximum atomic E-state index is 13.6. The second kappa shape index (κ2) is 40.5. The van der Waals surface area contributed by atoms with Crippen LogP contribution in [0.3, 0.4) is 0 Å². The number of phenolic OH excluding ortho intramolecular Hbond substituents is 1. The van der Waals surface area contributed by atoms with Crippen LogP contribution in [0, 0.1) is 45.7 Å². The predicted octanol–water partition coefficient (Wildman–Crippen LogP) is 30.2. The molecule has 0 amide bonds. The van der Waals surface area contributed by atoms with Crippen LogP contribution < -0.4 is 21.6 Å². The van der Waals surface area contributed by atoms with Crippen molar-refractivity contribution in [2.24, 2.45) is 46.3 Å². The Morgan fingerprint density at radius 3 is 1.31 bits per heavy atom. The fourth-order valence-electron chi connectivity index (χ4n) is 11.6. The van der Waals surface area contributed by atoms with Crippen LogP contribution in [0.25, 0.3) is 107 Å². The highest BCUT2D eigenvalue weighted by Crippen LogP contribution is 2.45. The van der Waals surface area contributed by atoms with E-state index in [0.717, 1.165) is 32.7 Å². The van der Waals surface area contributed by atoms with Crippen molar-refractivity contribution in [1.29, 1.82) is 0 Å². The normalized spacial score (nSPS) is 12.0. The van der Waals surface area contributed by atoms with Gasteiger partial charge in [-0.3, -0.25) is 10.1 Å². The number of nitrogens with zero attached hydrogens (tertiary/aromatic N) is 21. The van der Waals surface area contributed by atoms with Gasteiger partial charge in [-0.15, -0.1) is 0 Å². The summed E-state index contributed by atoms with van der Waals surface area (Å²) in [5, 5.41) is 51.7. The zero-order valence-electron chi connectivity index (χ0n) is 74.1. The standard InChI is InChI=1S/C15H14O4.C14H15N3O2.C13H13N3O2.C10H9F4N3.C10H12N4O2.C10H13N3O.C10H13N3.C6H12N2/c1-15(2,3)19-14-12-10(6-7-17-12)8-9-4-5-11(16)18-13(9)14;1-8-10-6-5-9(16-17-15)7-11(10)19-13(18)12(8)14(2,3)4;1-13(2,3)10-6-8-4-5-9(15-16-14)7-11(8)18-12(10)17;1-10(2,3)4-5(11)7(13)9(16-17-15)8(14)6(4)12;1-10(2,3)8-5-4-7(12-13-11)6-9(8)14(15)16;1-10(2,3)8-5-4-7(12-13-11)6-9(8)14;1-10(2,3)8-4-6-9(7-5-8)12-13-11;1-5(2,3)6(4)7-8-6/h4-8H,1-3H3;5-7H,1-4H3;4-7H,1-3H3;1-3H3;4-6H,1-3H3;4-6,14H,1-3H3;4-7H,1-3H3;1-4H3. The van der Waals surface area contributed by atoms with E-state index in [1.165, 1.54) is 44.5 Å². The predicted molar refractivity (Wildman–Crippen MR) is 474 cm³/mol. The van der Waals surface area contributed by atoms with Crippen LogP contribution in [0.15, 0.2) is 207 Å². The van der Waals surface area contributed by atoms with Crippen molar-refractivity contribution < 1.29 is 50.0 Å². The summed E-state index contributed by atoms with van der Waals surface area (Å²) in [4.78, 5) is 61.3. The van der Waals surface area contributed by atoms with Crippen molar-refractivity contribution in [2.75, 3.05) is 0 Å². The average molecular weight is 1700 g/mol. The van der Waals surface area contributed by atoms with Crippen molar-refractivity contribution in [2.45, 2.75) is 224 Å². The van der Waals surface area contributed by atoms with Crippen molar-refractivity contribution in [3.63, 3.8) is 0 Å². The zero-order valence-corrected chi connectivity index (χ0v) is 74.1. The Kier molecular flexibility index (Phi) is 32.8. The van der Waals surface area contributed by atoms with E-state index in [2.05, 4.69) is 112 Å². The summed E-state index contributed by atoms with van der Waals surface area (Å²) in [6.07, 6.45) is 1.59. The molecular weight excluding hydrogens is 1600 g/mol. The highest BCUT2D eigenvalue weighted by molar-refractivity contribution is 6.00. The Morgan fingerprint density at radius 1 is 0.444 bits per heavy atom. The fourth-order valence-corrected chi connectivity index (χ4v) is 11.6. The number of nitro benzene ring substituents is 1. The molecule has 0 atom stereocenters. The zero-order chi connectivity index (χ0) is 94.0. The van der Waals surface area contributed by atoms with Crippen LogP contribution in [0.4, 0.5) is 57.4 Å². The number of nitro groups is 1. The number of ether oxygens (including phenoxy) is 1. The van der Waals surface area contributed by atoms with E-state index in [9.17, 15) is 47.2 Å². The molecule has 0 radical (unpaired) electrons. The monoisotopic (exact) mass is 1700 g/mol. The van der Waals surface area contributed by atoms with E-state index in [1.54, 1.807) is 66.9 Å². The highest BCUT2D eigenvalue weighted by atomic mass is 19.2. The summed E-state index contributed by atoms with van der Waals surface area (Å²) >= 11 is 0. The molecule has 0 unspecified atom stereocenters. The minimum Gasteiger partial charge on any atom is -0.508 e. The van der Waals surface area contributed by atoms with Crippen molar-refractivity contribution >= 4 is 83.7 Å². The Labute approximate surface area is 711 Å². The Balaban J connectivity index is 0.000000254. The first kappa shape index (κ1) is 100. The minimum absolute atomic E-state index is 0.0163. The number of halogens is 4. The van der Waals surface area contributed by atoms with Gasteiger partial charge in [0.15, 0.2) is 40.1 Å². The molecule has 32 nitrogen and oxygen atoms in total. The molecule has 5 heterocycles. The number of hydrogen-bond acceptors (Lipinski definition) is 19. The van der Waals surface area contributed by atoms with Gasteiger partial charge in [0.05, 0.1) is 11.2 Å². The molecule has 0 saturated carbocycles. The molecular formula is C88H101F4N21O11. The lowest BCUT2D eigenvalue weighted by Gasteiger charge is -2.21. The second-order valence-corrected chi connectivity index (χ2v) is 36.5. The van der Waals surface area contributed by atoms with Crippen LogP contribution in [0.2, 0.25) is 0 Å². The summed E-state index contributed by atoms with van der Waals surface area (Å²) in [5.74, 6) is -5.82. The molecule has 0 fully saturated rings. The van der Waals surface area contributed by atoms with Crippen LogP contribution in [0.5, 0.6) is 11.5 Å². The molecule has 0 saturated heterocycles. The number of rotatable bonds is 8. The van der Waals surface area contributed by atoms with Gasteiger partial charge >= 0.3 is 16.9 Å². The first-order chi connectivity index (χ1) is 57.2. The molecule has 1 aliphatic heterocycles. The molecule has 11 aromatic rings. The quantitative estimate of drug-likeness (QED) is 0.0218. The van der Waals surface area contributed by atoms with E-state index in [-0.39, 0.29) is 66.5 Å². The number of aromatic hydroxyl groups is 1. The smallest absolute Gasteiger partial charge is 0.340 e. The van der Waals surface area contributed by atoms with Crippen LogP contribution in [0.1, 0.15) is 212 Å².